The quantitative estimate of drug-likeness (QED) is 0.762. The van der Waals surface area contributed by atoms with Crippen LogP contribution in [0.25, 0.3) is 0 Å². The van der Waals surface area contributed by atoms with Gasteiger partial charge in [0.1, 0.15) is 17.6 Å². The van der Waals surface area contributed by atoms with Crippen LogP contribution in [-0.2, 0) is 12.8 Å². The van der Waals surface area contributed by atoms with Gasteiger partial charge < -0.3 is 9.84 Å². The lowest BCUT2D eigenvalue weighted by molar-refractivity contribution is 0.0931. The topological polar surface area (TPSA) is 96.7 Å². The van der Waals surface area contributed by atoms with Crippen LogP contribution in [0.2, 0.25) is 0 Å². The number of nitrogens with zero attached hydrogens (tertiary/aromatic N) is 3. The molecule has 2 heterocycles. The van der Waals surface area contributed by atoms with Gasteiger partial charge >= 0.3 is 0 Å². The zero-order valence-electron chi connectivity index (χ0n) is 14.0. The molecule has 25 heavy (non-hydrogen) atoms. The van der Waals surface area contributed by atoms with Gasteiger partial charge in [0.2, 0.25) is 0 Å². The minimum absolute atomic E-state index is 0.261. The van der Waals surface area contributed by atoms with Crippen LogP contribution in [0.15, 0.2) is 34.9 Å². The number of amides is 1. The maximum absolute atomic E-state index is 12.8. The molecule has 3 aromatic rings. The molecule has 1 aromatic carbocycles. The summed E-state index contributed by atoms with van der Waals surface area (Å²) in [7, 11) is 0. The zero-order valence-corrected chi connectivity index (χ0v) is 14.0. The molecule has 128 valence electrons. The molecule has 1 atom stereocenters. The van der Waals surface area contributed by atoms with E-state index in [0.29, 0.717) is 17.3 Å². The first kappa shape index (κ1) is 15.6. The van der Waals surface area contributed by atoms with Gasteiger partial charge in [-0.05, 0) is 31.7 Å². The Hall–Kier alpha value is -2.96. The molecule has 1 aliphatic carbocycles. The average Bonchev–Trinajstić information content (AvgIpc) is 3.26. The van der Waals surface area contributed by atoms with E-state index in [4.69, 9.17) is 4.52 Å². The Balaban J connectivity index is 1.65. The highest BCUT2D eigenvalue weighted by atomic mass is 16.5. The largest absolute Gasteiger partial charge is 0.360 e. The number of aromatic amines is 1. The van der Waals surface area contributed by atoms with E-state index in [1.165, 1.54) is 0 Å². The second-order valence-electron chi connectivity index (χ2n) is 6.24. The average molecular weight is 337 g/mol. The van der Waals surface area contributed by atoms with Gasteiger partial charge in [-0.25, -0.2) is 4.98 Å². The van der Waals surface area contributed by atoms with Gasteiger partial charge in [-0.15, -0.1) is 0 Å². The van der Waals surface area contributed by atoms with Crippen LogP contribution in [0, 0.1) is 6.92 Å². The highest BCUT2D eigenvalue weighted by molar-refractivity contribution is 5.94. The molecular formula is C18H19N5O2. The monoisotopic (exact) mass is 337 g/mol. The number of rotatable bonds is 4. The zero-order chi connectivity index (χ0) is 17.2. The highest BCUT2D eigenvalue weighted by Gasteiger charge is 2.27. The van der Waals surface area contributed by atoms with E-state index in [9.17, 15) is 4.79 Å². The number of hydrogen-bond acceptors (Lipinski definition) is 5. The van der Waals surface area contributed by atoms with Crippen molar-refractivity contribution in [2.75, 3.05) is 0 Å². The number of H-pyrrole nitrogens is 1. The molecule has 0 unspecified atom stereocenters. The second kappa shape index (κ2) is 6.51. The molecular weight excluding hydrogens is 318 g/mol. The summed E-state index contributed by atoms with van der Waals surface area (Å²) in [6.45, 7) is 1.83. The van der Waals surface area contributed by atoms with E-state index in [-0.39, 0.29) is 5.91 Å². The Morgan fingerprint density at radius 1 is 1.24 bits per heavy atom. The van der Waals surface area contributed by atoms with E-state index >= 15 is 0 Å². The number of hydrogen-bond donors (Lipinski definition) is 2. The third-order valence-corrected chi connectivity index (χ3v) is 4.45. The van der Waals surface area contributed by atoms with Gasteiger partial charge in [-0.3, -0.25) is 9.89 Å². The van der Waals surface area contributed by atoms with Crippen molar-refractivity contribution in [3.8, 4) is 0 Å². The van der Waals surface area contributed by atoms with E-state index in [2.05, 4.69) is 25.7 Å². The van der Waals surface area contributed by atoms with E-state index < -0.39 is 6.04 Å². The van der Waals surface area contributed by atoms with Crippen molar-refractivity contribution in [2.45, 2.75) is 38.6 Å². The smallest absolute Gasteiger partial charge is 0.274 e. The summed E-state index contributed by atoms with van der Waals surface area (Å²) in [4.78, 5) is 17.2. The molecule has 0 fully saturated rings. The summed E-state index contributed by atoms with van der Waals surface area (Å²) >= 11 is 0. The van der Waals surface area contributed by atoms with Gasteiger partial charge in [-0.2, -0.15) is 5.10 Å². The lowest BCUT2D eigenvalue weighted by Gasteiger charge is -2.16. The third kappa shape index (κ3) is 3.05. The van der Waals surface area contributed by atoms with Crippen LogP contribution in [0.3, 0.4) is 0 Å². The van der Waals surface area contributed by atoms with Gasteiger partial charge in [0, 0.05) is 12.0 Å². The molecule has 4 rings (SSSR count). The molecule has 0 radical (unpaired) electrons. The van der Waals surface area contributed by atoms with E-state index in [1.54, 1.807) is 0 Å². The number of benzene rings is 1. The van der Waals surface area contributed by atoms with Crippen LogP contribution in [0.4, 0.5) is 0 Å². The summed E-state index contributed by atoms with van der Waals surface area (Å²) in [6, 6.07) is 9.20. The fraction of sp³-hybridized carbons (Fsp3) is 0.333. The predicted octanol–water partition coefficient (Wildman–Crippen LogP) is 2.50. The Kier molecular flexibility index (Phi) is 4.05. The Morgan fingerprint density at radius 3 is 2.80 bits per heavy atom. The molecule has 1 amide bonds. The molecule has 0 saturated carbocycles. The fourth-order valence-electron chi connectivity index (χ4n) is 3.19. The first-order chi connectivity index (χ1) is 12.2. The van der Waals surface area contributed by atoms with Crippen molar-refractivity contribution in [1.29, 1.82) is 0 Å². The number of nitrogens with one attached hydrogen (secondary N) is 2. The summed E-state index contributed by atoms with van der Waals surface area (Å²) in [5.74, 6) is 1.79. The molecule has 2 aromatic heterocycles. The maximum atomic E-state index is 12.8. The van der Waals surface area contributed by atoms with Crippen molar-refractivity contribution in [2.24, 2.45) is 0 Å². The van der Waals surface area contributed by atoms with Crippen molar-refractivity contribution in [3.63, 3.8) is 0 Å². The standard InChI is InChI=1S/C18H19N5O2/c1-11-19-17(22-21-11)15(12-7-3-2-4-8-12)20-18(24)16-13-9-5-6-10-14(13)25-23-16/h2-4,7-8,15H,5-6,9-10H2,1H3,(H,20,24)(H,19,21,22)/t15-/m0/s1. The van der Waals surface area contributed by atoms with Gasteiger partial charge in [-0.1, -0.05) is 35.5 Å². The summed E-state index contributed by atoms with van der Waals surface area (Å²) < 4.78 is 5.36. The molecule has 7 nitrogen and oxygen atoms in total. The molecule has 0 aliphatic heterocycles. The van der Waals surface area contributed by atoms with Crippen LogP contribution < -0.4 is 5.32 Å². The molecule has 0 spiro atoms. The Morgan fingerprint density at radius 2 is 2.04 bits per heavy atom. The van der Waals surface area contributed by atoms with Gasteiger partial charge in [0.05, 0.1) is 0 Å². The van der Waals surface area contributed by atoms with Gasteiger partial charge in [0.25, 0.3) is 5.91 Å². The number of aromatic nitrogens is 4. The molecule has 7 heteroatoms. The third-order valence-electron chi connectivity index (χ3n) is 4.45. The highest BCUT2D eigenvalue weighted by Crippen LogP contribution is 2.25. The first-order valence-corrected chi connectivity index (χ1v) is 8.44. The Bertz CT molecular complexity index is 884. The van der Waals surface area contributed by atoms with Crippen LogP contribution in [0.1, 0.15) is 57.9 Å². The maximum Gasteiger partial charge on any atom is 0.274 e. The van der Waals surface area contributed by atoms with Gasteiger partial charge in [0.15, 0.2) is 11.5 Å². The lowest BCUT2D eigenvalue weighted by Crippen LogP contribution is -2.31. The summed E-state index contributed by atoms with van der Waals surface area (Å²) in [5, 5.41) is 14.1. The number of fused-ring (bicyclic) bond motifs is 1. The molecule has 2 N–H and O–H groups in total. The van der Waals surface area contributed by atoms with E-state index in [1.807, 2.05) is 37.3 Å². The molecule has 0 saturated heterocycles. The van der Waals surface area contributed by atoms with E-state index in [0.717, 1.165) is 42.6 Å². The number of carbonyl (C=O) groups is 1. The second-order valence-corrected chi connectivity index (χ2v) is 6.24. The number of aryl methyl sites for hydroxylation is 2. The first-order valence-electron chi connectivity index (χ1n) is 8.44. The Labute approximate surface area is 144 Å². The minimum Gasteiger partial charge on any atom is -0.360 e. The van der Waals surface area contributed by atoms with Crippen molar-refractivity contribution in [1.82, 2.24) is 25.7 Å². The van der Waals surface area contributed by atoms with Crippen molar-refractivity contribution >= 4 is 5.91 Å². The molecule has 0 bridgehead atoms. The summed E-state index contributed by atoms with van der Waals surface area (Å²) in [5.41, 5.74) is 2.22. The lowest BCUT2D eigenvalue weighted by atomic mass is 9.96. The predicted molar refractivity (Wildman–Crippen MR) is 90.0 cm³/mol. The molecule has 1 aliphatic rings. The van der Waals surface area contributed by atoms with Crippen LogP contribution in [0.5, 0.6) is 0 Å². The van der Waals surface area contributed by atoms with Crippen molar-refractivity contribution in [3.05, 3.63) is 64.6 Å². The minimum atomic E-state index is -0.449. The fourth-order valence-corrected chi connectivity index (χ4v) is 3.19. The number of carbonyl (C=O) groups excluding carboxylic acids is 1. The van der Waals surface area contributed by atoms with Crippen molar-refractivity contribution < 1.29 is 9.32 Å². The van der Waals surface area contributed by atoms with Crippen LogP contribution in [-0.4, -0.2) is 26.2 Å². The van der Waals surface area contributed by atoms with Crippen LogP contribution >= 0.6 is 0 Å². The summed E-state index contributed by atoms with van der Waals surface area (Å²) in [6.07, 6.45) is 3.80. The normalized spacial score (nSPS) is 14.8. The SMILES string of the molecule is Cc1nc([C@@H](NC(=O)c2noc3c2CCCC3)c2ccccc2)n[nH]1.